The fourth-order valence-corrected chi connectivity index (χ4v) is 9.40. The normalized spacial score (nSPS) is 11.2. The summed E-state index contributed by atoms with van der Waals surface area (Å²) < 4.78 is 96.2. The van der Waals surface area contributed by atoms with Crippen LogP contribution in [0.25, 0.3) is 28.1 Å². The maximum absolute atomic E-state index is 14.4. The number of rotatable bonds is 21. The molecule has 0 atom stereocenters. The van der Waals surface area contributed by atoms with Crippen molar-refractivity contribution in [3.05, 3.63) is 157 Å². The van der Waals surface area contributed by atoms with E-state index in [1.165, 1.54) is 69.5 Å². The number of allylic oxidation sites excluding steroid dienone is 1. The smallest absolute Gasteiger partial charge is 1.00 e. The summed E-state index contributed by atoms with van der Waals surface area (Å²) in [5.41, 5.74) is 29.4. The molecule has 3 aromatic carbocycles. The number of carbonyl (C=O) groups is 4. The van der Waals surface area contributed by atoms with Crippen LogP contribution in [0.1, 0.15) is 129 Å². The number of carboxylic acids is 1. The number of hydrogen-bond acceptors (Lipinski definition) is 19. The number of esters is 2. The number of alkyl halides is 6. The van der Waals surface area contributed by atoms with Gasteiger partial charge in [0.2, 0.25) is 17.8 Å². The maximum atomic E-state index is 14.4. The van der Waals surface area contributed by atoms with Crippen LogP contribution in [0.5, 0.6) is 0 Å². The van der Waals surface area contributed by atoms with E-state index in [1.807, 2.05) is 23.6 Å². The Bertz CT molecular complexity index is 3910. The molecule has 10 N–H and O–H groups in total. The second kappa shape index (κ2) is 42.2. The summed E-state index contributed by atoms with van der Waals surface area (Å²) in [6, 6.07) is 15.6. The molecule has 8 aromatic rings. The van der Waals surface area contributed by atoms with Gasteiger partial charge in [-0.2, -0.15) is 36.3 Å². The van der Waals surface area contributed by atoms with Gasteiger partial charge in [0.15, 0.2) is 11.0 Å². The number of ether oxygens (including phenoxy) is 2. The first-order chi connectivity index (χ1) is 44.5. The van der Waals surface area contributed by atoms with E-state index in [2.05, 4.69) is 63.4 Å². The Kier molecular flexibility index (Phi) is 38.2. The number of nitrogens with one attached hydrogen (secondary N) is 1. The summed E-state index contributed by atoms with van der Waals surface area (Å²) in [5.74, 6) is -15.5. The number of aliphatic carboxylic acids is 1. The van der Waals surface area contributed by atoms with Crippen molar-refractivity contribution in [3.8, 4) is 0 Å². The summed E-state index contributed by atoms with van der Waals surface area (Å²) in [4.78, 5) is 69.3. The number of benzene rings is 3. The summed E-state index contributed by atoms with van der Waals surface area (Å²) in [6.07, 6.45) is 15.1. The molecule has 510 valence electrons. The number of fused-ring (bicyclic) bond motifs is 3. The third-order valence-electron chi connectivity index (χ3n) is 14.0. The SMILES string of the molecule is CCCCCN.CCCCCNc1nc(N)nc2ccn(Cc3cc(C(F)(F)C(=O)O)ccc3C)c12.CCOC(=O)C(F)(F)c1ccc(C)c(C)c1.CCOC(=O)C(F)(F)c1ccc(C)c(Cn2ccc3nc(N)nc(Cl)c32)c1.Nc1nc(Cl)c2c(n1)C=CC2.O=CO[O-].[Cs+].[Cs+].[H-]. The van der Waals surface area contributed by atoms with Gasteiger partial charge in [0.1, 0.15) is 16.2 Å². The van der Waals surface area contributed by atoms with Crippen molar-refractivity contribution in [1.29, 1.82) is 0 Å². The van der Waals surface area contributed by atoms with Crippen LogP contribution in [0.3, 0.4) is 0 Å². The second-order valence-corrected chi connectivity index (χ2v) is 21.6. The summed E-state index contributed by atoms with van der Waals surface area (Å²) in [7, 11) is 0. The fraction of sp³-hybridized carbons (Fsp3) is 0.375. The minimum atomic E-state index is -3.95. The number of halogens is 8. The van der Waals surface area contributed by atoms with E-state index in [-0.39, 0.29) is 201 Å². The molecule has 0 fully saturated rings. The average Bonchev–Trinajstić information content (AvgIpc) is 1.75. The summed E-state index contributed by atoms with van der Waals surface area (Å²) >= 11 is 12.0. The third kappa shape index (κ3) is 25.0. The number of nitrogen functional groups attached to an aromatic ring is 3. The Balaban J connectivity index is 0.000000638. The molecule has 0 spiro atoms. The Morgan fingerprint density at radius 1 is 0.635 bits per heavy atom. The number of carboxylic acid groups (broad SMARTS) is 1. The molecule has 22 nitrogen and oxygen atoms in total. The number of anilines is 4. The minimum Gasteiger partial charge on any atom is -1.00 e. The van der Waals surface area contributed by atoms with Gasteiger partial charge in [-0.05, 0) is 137 Å². The van der Waals surface area contributed by atoms with E-state index in [0.29, 0.717) is 38.6 Å². The quantitative estimate of drug-likeness (QED) is 0.00947. The van der Waals surface area contributed by atoms with E-state index in [9.17, 15) is 40.7 Å². The monoisotopic (exact) mass is 1620 g/mol. The predicted molar refractivity (Wildman–Crippen MR) is 347 cm³/mol. The molecule has 0 saturated carbocycles. The summed E-state index contributed by atoms with van der Waals surface area (Å²) in [5, 5.41) is 21.2. The van der Waals surface area contributed by atoms with Crippen LogP contribution in [0.4, 0.5) is 50.0 Å². The number of hydrogen-bond donors (Lipinski definition) is 6. The van der Waals surface area contributed by atoms with Crippen molar-refractivity contribution >= 4 is 99.4 Å². The largest absolute Gasteiger partial charge is 1.00 e. The zero-order valence-electron chi connectivity index (χ0n) is 56.1. The van der Waals surface area contributed by atoms with E-state index < -0.39 is 46.8 Å². The van der Waals surface area contributed by atoms with Gasteiger partial charge in [0.05, 0.1) is 29.9 Å². The molecular weight excluding hydrogens is 1550 g/mol. The molecule has 9 rings (SSSR count). The number of aryl methyl sites for hydroxylation is 4. The van der Waals surface area contributed by atoms with Crippen molar-refractivity contribution < 1.29 is 209 Å². The van der Waals surface area contributed by atoms with Gasteiger partial charge in [-0.25, -0.2) is 34.3 Å². The first kappa shape index (κ1) is 87.1. The van der Waals surface area contributed by atoms with Crippen molar-refractivity contribution in [3.63, 3.8) is 0 Å². The van der Waals surface area contributed by atoms with Crippen molar-refractivity contribution in [2.75, 3.05) is 48.8 Å². The maximum Gasteiger partial charge on any atom is 1.00 e. The van der Waals surface area contributed by atoms with Crippen molar-refractivity contribution in [1.82, 2.24) is 39.0 Å². The Hall–Kier alpha value is -5.02. The molecule has 0 saturated heterocycles. The molecular formula is C64H77Cl2Cs2F6N13O9. The number of nitrogens with zero attached hydrogens (tertiary/aromatic N) is 8. The summed E-state index contributed by atoms with van der Waals surface area (Å²) in [6.45, 7) is 16.1. The molecule has 1 aliphatic carbocycles. The first-order valence-electron chi connectivity index (χ1n) is 29.5. The Labute approximate surface area is 681 Å². The van der Waals surface area contributed by atoms with Crippen molar-refractivity contribution in [2.45, 2.75) is 131 Å². The van der Waals surface area contributed by atoms with Gasteiger partial charge in [-0.15, -0.1) is 0 Å². The number of carbonyl (C=O) groups excluding carboxylic acids is 3. The number of aromatic nitrogens is 8. The number of nitrogens with two attached hydrogens (primary N) is 4. The van der Waals surface area contributed by atoms with E-state index in [0.717, 1.165) is 83.9 Å². The van der Waals surface area contributed by atoms with Crippen molar-refractivity contribution in [2.24, 2.45) is 5.73 Å². The van der Waals surface area contributed by atoms with Gasteiger partial charge in [0.25, 0.3) is 6.47 Å². The molecule has 96 heavy (non-hydrogen) atoms. The second-order valence-electron chi connectivity index (χ2n) is 20.9. The molecule has 5 aromatic heterocycles. The van der Waals surface area contributed by atoms with E-state index >= 15 is 0 Å². The minimum absolute atomic E-state index is 0. The first-order valence-corrected chi connectivity index (χ1v) is 30.3. The zero-order valence-corrected chi connectivity index (χ0v) is 69.1. The van der Waals surface area contributed by atoms with E-state index in [4.69, 9.17) is 61.3 Å². The topological polar surface area (TPSA) is 343 Å². The predicted octanol–water partition coefficient (Wildman–Crippen LogP) is 5.76. The van der Waals surface area contributed by atoms with Gasteiger partial charge in [-0.1, -0.05) is 105 Å². The Morgan fingerprint density at radius 3 is 1.55 bits per heavy atom. The zero-order chi connectivity index (χ0) is 70.1. The van der Waals surface area contributed by atoms with Crippen LogP contribution in [-0.2, 0) is 70.8 Å². The molecule has 0 unspecified atom stereocenters. The van der Waals surface area contributed by atoms with Crippen LogP contribution in [0.2, 0.25) is 10.3 Å². The Morgan fingerprint density at radius 2 is 1.08 bits per heavy atom. The fourth-order valence-electron chi connectivity index (χ4n) is 8.85. The molecule has 5 heterocycles. The van der Waals surface area contributed by atoms with Crippen LogP contribution in [0.15, 0.2) is 85.2 Å². The average molecular weight is 1620 g/mol. The molecule has 0 radical (unpaired) electrons. The molecule has 0 amide bonds. The standard InChI is InChI=1S/C21H25F2N5O2.C18H17ClF2N4O2.C12H14F2O2.C7H6ClN3.C5H13N.CH2O3.2Cs.H/c1-3-4-5-9-25-18-17-16(26-20(24)27-18)8-10-28(17)12-14-11-15(7-6-13(14)2)21(22,23)19(29)30;1-3-27-16(26)18(20,21)12-5-4-10(2)11(8-12)9-25-7-6-13-14(25)15(19)24-17(22)23-13;1-4-16-11(15)12(13,14)10-6-5-8(2)9(3)7-10;8-6-4-2-1-3-5(4)10-7(9)11-6;1-2-3-4-5-6;2-1-4-3;;;/h6-8,10-11H,3-5,9,12H2,1-2H3,(H,29,30)(H3,24,25,26,27);4-8H,3,9H2,1-2H3,(H2,22,23,24);5-7H,4H2,1-3H3;1,3H,2H2,(H2,9,10,11);2-6H2,1H3;1,3H;;;/q;;;;;;2*+1;-1/p-1. The molecule has 0 aliphatic heterocycles. The number of unbranched alkanes of at least 4 members (excludes halogenated alkanes) is 4. The molecule has 32 heteroatoms. The van der Waals surface area contributed by atoms with Gasteiger partial charge >= 0.3 is 173 Å². The van der Waals surface area contributed by atoms with Gasteiger partial charge in [-0.3, -0.25) is 4.79 Å². The van der Waals surface area contributed by atoms with Gasteiger partial charge < -0.3 is 63.5 Å². The van der Waals surface area contributed by atoms with Crippen LogP contribution in [0, 0.1) is 27.7 Å². The molecule has 0 bridgehead atoms. The van der Waals surface area contributed by atoms with Crippen LogP contribution in [-0.4, -0.2) is 94.8 Å². The third-order valence-corrected chi connectivity index (χ3v) is 14.6. The van der Waals surface area contributed by atoms with Crippen LogP contribution < -0.4 is 171 Å². The van der Waals surface area contributed by atoms with E-state index in [1.54, 1.807) is 62.0 Å². The van der Waals surface area contributed by atoms with Gasteiger partial charge in [0, 0.05) is 54.3 Å². The molecule has 1 aliphatic rings. The van der Waals surface area contributed by atoms with Crippen LogP contribution >= 0.6 is 23.2 Å².